The molecule has 0 radical (unpaired) electrons. The molecule has 0 bridgehead atoms. The number of hydrogen-bond donors (Lipinski definition) is 1. The van der Waals surface area contributed by atoms with E-state index in [-0.39, 0.29) is 29.8 Å². The van der Waals surface area contributed by atoms with E-state index in [1.54, 1.807) is 36.4 Å². The number of benzene rings is 2. The third-order valence-electron chi connectivity index (χ3n) is 3.09. The van der Waals surface area contributed by atoms with Gasteiger partial charge in [-0.3, -0.25) is 4.79 Å². The fourth-order valence-corrected chi connectivity index (χ4v) is 2.43. The van der Waals surface area contributed by atoms with Gasteiger partial charge in [-0.15, -0.1) is 10.2 Å². The van der Waals surface area contributed by atoms with E-state index in [9.17, 15) is 9.18 Å². The summed E-state index contributed by atoms with van der Waals surface area (Å²) in [5, 5.41) is 10.3. The maximum absolute atomic E-state index is 13.7. The summed E-state index contributed by atoms with van der Waals surface area (Å²) in [5.41, 5.74) is 0.727. The Balaban J connectivity index is 1.70. The van der Waals surface area contributed by atoms with Gasteiger partial charge in [0.05, 0.1) is 17.7 Å². The van der Waals surface area contributed by atoms with Crippen molar-refractivity contribution in [2.45, 2.75) is 6.54 Å². The molecule has 3 rings (SSSR count). The molecular weight excluding hydrogens is 365 g/mol. The minimum atomic E-state index is -0.444. The Hall–Kier alpha value is -2.54. The van der Waals surface area contributed by atoms with Crippen LogP contribution in [-0.4, -0.2) is 16.1 Å². The van der Waals surface area contributed by atoms with Crippen molar-refractivity contribution < 1.29 is 13.6 Å². The van der Waals surface area contributed by atoms with Crippen molar-refractivity contribution in [1.82, 2.24) is 15.5 Å². The second-order valence-corrected chi connectivity index (χ2v) is 5.50. The number of aromatic nitrogens is 2. The normalized spacial score (nSPS) is 10.5. The number of hydrogen-bond acceptors (Lipinski definition) is 4. The zero-order valence-corrected chi connectivity index (χ0v) is 13.4. The maximum Gasteiger partial charge on any atom is 0.252 e. The van der Waals surface area contributed by atoms with Crippen LogP contribution in [-0.2, 0) is 6.54 Å². The maximum atomic E-state index is 13.7. The Morgan fingerprint density at radius 3 is 2.65 bits per heavy atom. The molecule has 1 N–H and O–H groups in total. The summed E-state index contributed by atoms with van der Waals surface area (Å²) in [6.45, 7) is 0.0572. The third-order valence-corrected chi connectivity index (χ3v) is 3.78. The smallest absolute Gasteiger partial charge is 0.252 e. The first kappa shape index (κ1) is 15.4. The minimum Gasteiger partial charge on any atom is -0.419 e. The van der Waals surface area contributed by atoms with E-state index < -0.39 is 5.82 Å². The first-order valence-corrected chi connectivity index (χ1v) is 7.54. The van der Waals surface area contributed by atoms with Crippen molar-refractivity contribution >= 4 is 21.8 Å². The van der Waals surface area contributed by atoms with Gasteiger partial charge < -0.3 is 9.73 Å². The molecule has 2 aromatic carbocycles. The van der Waals surface area contributed by atoms with E-state index in [1.165, 1.54) is 6.07 Å². The van der Waals surface area contributed by atoms with Gasteiger partial charge in [0.25, 0.3) is 11.8 Å². The average Bonchev–Trinajstić information content (AvgIpc) is 3.02. The van der Waals surface area contributed by atoms with Crippen molar-refractivity contribution in [3.63, 3.8) is 0 Å². The van der Waals surface area contributed by atoms with Gasteiger partial charge in [-0.2, -0.15) is 0 Å². The highest BCUT2D eigenvalue weighted by molar-refractivity contribution is 9.10. The summed E-state index contributed by atoms with van der Waals surface area (Å²) in [6, 6.07) is 13.2. The molecule has 0 unspecified atom stereocenters. The van der Waals surface area contributed by atoms with Crippen LogP contribution in [0.25, 0.3) is 11.5 Å². The minimum absolute atomic E-state index is 0.0572. The largest absolute Gasteiger partial charge is 0.419 e. The number of halogens is 2. The predicted molar refractivity (Wildman–Crippen MR) is 85.0 cm³/mol. The molecule has 5 nitrogen and oxygen atoms in total. The molecular formula is C16H11BrFN3O2. The Labute approximate surface area is 139 Å². The summed E-state index contributed by atoms with van der Waals surface area (Å²) in [6.07, 6.45) is 0. The highest BCUT2D eigenvalue weighted by Gasteiger charge is 2.14. The van der Waals surface area contributed by atoms with Crippen LogP contribution in [0.15, 0.2) is 57.4 Å². The van der Waals surface area contributed by atoms with E-state index in [0.717, 1.165) is 0 Å². The molecule has 23 heavy (non-hydrogen) atoms. The summed E-state index contributed by atoms with van der Waals surface area (Å²) in [5.74, 6) is -0.444. The van der Waals surface area contributed by atoms with Gasteiger partial charge in [-0.05, 0) is 40.2 Å². The van der Waals surface area contributed by atoms with Crippen LogP contribution < -0.4 is 5.32 Å². The summed E-state index contributed by atoms with van der Waals surface area (Å²) in [7, 11) is 0. The fraction of sp³-hybridized carbons (Fsp3) is 0.0625. The van der Waals surface area contributed by atoms with Crippen LogP contribution >= 0.6 is 15.9 Å². The van der Waals surface area contributed by atoms with E-state index in [0.29, 0.717) is 10.0 Å². The predicted octanol–water partition coefficient (Wildman–Crippen LogP) is 3.57. The van der Waals surface area contributed by atoms with E-state index in [4.69, 9.17) is 4.42 Å². The lowest BCUT2D eigenvalue weighted by Crippen LogP contribution is -2.23. The van der Waals surface area contributed by atoms with Gasteiger partial charge >= 0.3 is 0 Å². The van der Waals surface area contributed by atoms with Crippen molar-refractivity contribution in [3.8, 4) is 11.5 Å². The number of nitrogens with zero attached hydrogens (tertiary/aromatic N) is 2. The van der Waals surface area contributed by atoms with Crippen LogP contribution in [0.5, 0.6) is 0 Å². The highest BCUT2D eigenvalue weighted by atomic mass is 79.9. The van der Waals surface area contributed by atoms with Crippen LogP contribution in [0.2, 0.25) is 0 Å². The molecule has 0 aliphatic carbocycles. The molecule has 0 aliphatic rings. The van der Waals surface area contributed by atoms with Gasteiger partial charge in [-0.1, -0.05) is 24.3 Å². The SMILES string of the molecule is O=C(NCc1nnc(-c2ccccc2F)o1)c1ccccc1Br. The Morgan fingerprint density at radius 1 is 1.13 bits per heavy atom. The van der Waals surface area contributed by atoms with Crippen molar-refractivity contribution in [3.05, 3.63) is 70.3 Å². The first-order valence-electron chi connectivity index (χ1n) is 6.75. The lowest BCUT2D eigenvalue weighted by molar-refractivity contribution is 0.0946. The standard InChI is InChI=1S/C16H11BrFN3O2/c17-12-7-3-1-5-10(12)15(22)19-9-14-20-21-16(23-14)11-6-2-4-8-13(11)18/h1-8H,9H2,(H,19,22). The molecule has 0 spiro atoms. The summed E-state index contributed by atoms with van der Waals surface area (Å²) < 4.78 is 19.7. The van der Waals surface area contributed by atoms with Crippen LogP contribution in [0.1, 0.15) is 16.2 Å². The molecule has 116 valence electrons. The van der Waals surface area contributed by atoms with Gasteiger partial charge in [0.2, 0.25) is 5.89 Å². The molecule has 0 atom stereocenters. The molecule has 0 saturated heterocycles. The van der Waals surface area contributed by atoms with Gasteiger partial charge in [0, 0.05) is 4.47 Å². The first-order chi connectivity index (χ1) is 11.1. The number of nitrogens with one attached hydrogen (secondary N) is 1. The van der Waals surface area contributed by atoms with Gasteiger partial charge in [0.15, 0.2) is 0 Å². The monoisotopic (exact) mass is 375 g/mol. The number of amides is 1. The molecule has 3 aromatic rings. The second kappa shape index (κ2) is 6.70. The average molecular weight is 376 g/mol. The van der Waals surface area contributed by atoms with E-state index >= 15 is 0 Å². The van der Waals surface area contributed by atoms with Gasteiger partial charge in [0.1, 0.15) is 5.82 Å². The Bertz CT molecular complexity index is 851. The van der Waals surface area contributed by atoms with E-state index in [1.807, 2.05) is 6.07 Å². The van der Waals surface area contributed by atoms with Crippen molar-refractivity contribution in [2.24, 2.45) is 0 Å². The molecule has 1 heterocycles. The van der Waals surface area contributed by atoms with Crippen molar-refractivity contribution in [2.75, 3.05) is 0 Å². The molecule has 1 amide bonds. The number of rotatable bonds is 4. The molecule has 0 fully saturated rings. The zero-order chi connectivity index (χ0) is 16.2. The summed E-state index contributed by atoms with van der Waals surface area (Å²) in [4.78, 5) is 12.1. The van der Waals surface area contributed by atoms with E-state index in [2.05, 4.69) is 31.4 Å². The van der Waals surface area contributed by atoms with Crippen molar-refractivity contribution in [1.29, 1.82) is 0 Å². The molecule has 7 heteroatoms. The third kappa shape index (κ3) is 3.45. The number of carbonyl (C=O) groups is 1. The Kier molecular flexibility index (Phi) is 4.47. The fourth-order valence-electron chi connectivity index (χ4n) is 1.97. The Morgan fingerprint density at radius 2 is 1.87 bits per heavy atom. The molecule has 0 saturated carbocycles. The topological polar surface area (TPSA) is 68.0 Å². The molecule has 0 aliphatic heterocycles. The molecule has 1 aromatic heterocycles. The summed E-state index contributed by atoms with van der Waals surface area (Å²) >= 11 is 3.31. The second-order valence-electron chi connectivity index (χ2n) is 4.64. The van der Waals surface area contributed by atoms with Gasteiger partial charge in [-0.25, -0.2) is 4.39 Å². The van der Waals surface area contributed by atoms with Crippen LogP contribution in [0.3, 0.4) is 0 Å². The quantitative estimate of drug-likeness (QED) is 0.756. The zero-order valence-electron chi connectivity index (χ0n) is 11.8. The van der Waals surface area contributed by atoms with Crippen LogP contribution in [0, 0.1) is 5.82 Å². The lowest BCUT2D eigenvalue weighted by atomic mass is 10.2. The lowest BCUT2D eigenvalue weighted by Gasteiger charge is -2.04. The van der Waals surface area contributed by atoms with Crippen LogP contribution in [0.4, 0.5) is 4.39 Å². The number of carbonyl (C=O) groups excluding carboxylic acids is 1. The highest BCUT2D eigenvalue weighted by Crippen LogP contribution is 2.21.